The maximum Gasteiger partial charge on any atom is 0.200 e. The maximum atomic E-state index is 9.55. The number of nitrogens with one attached hydrogen (secondary N) is 1. The van der Waals surface area contributed by atoms with Crippen LogP contribution < -0.4 is 5.43 Å². The van der Waals surface area contributed by atoms with Gasteiger partial charge in [-0.2, -0.15) is 5.10 Å². The zero-order valence-corrected chi connectivity index (χ0v) is 9.41. The van der Waals surface area contributed by atoms with Gasteiger partial charge in [0.15, 0.2) is 11.5 Å². The van der Waals surface area contributed by atoms with Gasteiger partial charge in [0, 0.05) is 5.56 Å². The molecule has 0 amide bonds. The molecule has 4 N–H and O–H groups in total. The average molecular weight is 244 g/mol. The first-order chi connectivity index (χ1) is 8.68. The summed E-state index contributed by atoms with van der Waals surface area (Å²) in [5.41, 5.74) is 3.87. The molecule has 0 aromatic heterocycles. The van der Waals surface area contributed by atoms with Crippen LogP contribution in [0.2, 0.25) is 0 Å². The van der Waals surface area contributed by atoms with Gasteiger partial charge in [0.05, 0.1) is 11.9 Å². The quantitative estimate of drug-likeness (QED) is 0.379. The van der Waals surface area contributed by atoms with Crippen LogP contribution in [0.15, 0.2) is 47.6 Å². The zero-order valence-electron chi connectivity index (χ0n) is 9.41. The fourth-order valence-corrected chi connectivity index (χ4v) is 1.38. The molecule has 18 heavy (non-hydrogen) atoms. The molecule has 0 atom stereocenters. The molecule has 92 valence electrons. The second-order valence-electron chi connectivity index (χ2n) is 3.61. The monoisotopic (exact) mass is 244 g/mol. The van der Waals surface area contributed by atoms with E-state index in [0.717, 1.165) is 5.69 Å². The van der Waals surface area contributed by atoms with Crippen LogP contribution >= 0.6 is 0 Å². The normalized spacial score (nSPS) is 10.7. The summed E-state index contributed by atoms with van der Waals surface area (Å²) in [6.45, 7) is 0. The van der Waals surface area contributed by atoms with Crippen LogP contribution in [0.25, 0.3) is 0 Å². The summed E-state index contributed by atoms with van der Waals surface area (Å²) < 4.78 is 0. The van der Waals surface area contributed by atoms with Gasteiger partial charge in [-0.3, -0.25) is 5.43 Å². The van der Waals surface area contributed by atoms with Gasteiger partial charge in [0.2, 0.25) is 5.75 Å². The number of hydrazone groups is 1. The van der Waals surface area contributed by atoms with Crippen molar-refractivity contribution in [2.24, 2.45) is 5.10 Å². The highest BCUT2D eigenvalue weighted by Crippen LogP contribution is 2.36. The lowest BCUT2D eigenvalue weighted by atomic mass is 10.2. The second kappa shape index (κ2) is 5.09. The first-order valence-corrected chi connectivity index (χ1v) is 5.26. The van der Waals surface area contributed by atoms with Crippen LogP contribution in [-0.4, -0.2) is 21.5 Å². The Labute approximate surface area is 104 Å². The van der Waals surface area contributed by atoms with Crippen LogP contribution in [0.5, 0.6) is 17.2 Å². The Balaban J connectivity index is 2.13. The molecule has 5 nitrogen and oxygen atoms in total. The number of anilines is 1. The molecule has 0 heterocycles. The van der Waals surface area contributed by atoms with Crippen molar-refractivity contribution in [2.75, 3.05) is 5.43 Å². The molecule has 0 bridgehead atoms. The van der Waals surface area contributed by atoms with E-state index in [0.29, 0.717) is 5.56 Å². The van der Waals surface area contributed by atoms with E-state index in [-0.39, 0.29) is 5.75 Å². The predicted molar refractivity (Wildman–Crippen MR) is 69.1 cm³/mol. The number of hydrogen-bond acceptors (Lipinski definition) is 5. The fraction of sp³-hybridized carbons (Fsp3) is 0. The van der Waals surface area contributed by atoms with Gasteiger partial charge in [0.1, 0.15) is 0 Å². The summed E-state index contributed by atoms with van der Waals surface area (Å²) in [7, 11) is 0. The van der Waals surface area contributed by atoms with E-state index in [9.17, 15) is 10.2 Å². The molecule has 0 saturated heterocycles. The number of benzene rings is 2. The van der Waals surface area contributed by atoms with Crippen molar-refractivity contribution in [3.05, 3.63) is 48.0 Å². The van der Waals surface area contributed by atoms with Crippen molar-refractivity contribution in [1.82, 2.24) is 0 Å². The lowest BCUT2D eigenvalue weighted by molar-refractivity contribution is 0.367. The average Bonchev–Trinajstić information content (AvgIpc) is 2.40. The van der Waals surface area contributed by atoms with Crippen molar-refractivity contribution in [3.63, 3.8) is 0 Å². The van der Waals surface area contributed by atoms with Gasteiger partial charge in [-0.05, 0) is 24.3 Å². The number of hydrogen-bond donors (Lipinski definition) is 4. The smallest absolute Gasteiger partial charge is 0.200 e. The Hall–Kier alpha value is -2.69. The molecular formula is C13H12N2O3. The Bertz CT molecular complexity index is 568. The highest BCUT2D eigenvalue weighted by molar-refractivity contribution is 5.86. The van der Waals surface area contributed by atoms with E-state index in [1.54, 1.807) is 0 Å². The lowest BCUT2D eigenvalue weighted by Gasteiger charge is -2.03. The molecule has 0 aliphatic heterocycles. The first-order valence-electron chi connectivity index (χ1n) is 5.26. The lowest BCUT2D eigenvalue weighted by Crippen LogP contribution is -1.90. The Morgan fingerprint density at radius 2 is 1.61 bits per heavy atom. The van der Waals surface area contributed by atoms with E-state index in [4.69, 9.17) is 5.11 Å². The van der Waals surface area contributed by atoms with E-state index < -0.39 is 11.5 Å². The van der Waals surface area contributed by atoms with Gasteiger partial charge < -0.3 is 15.3 Å². The highest BCUT2D eigenvalue weighted by Gasteiger charge is 2.08. The molecule has 0 aliphatic rings. The summed E-state index contributed by atoms with van der Waals surface area (Å²) in [4.78, 5) is 0. The SMILES string of the molecule is Oc1ccc(/C=N/Nc2ccccc2)c(O)c1O. The summed E-state index contributed by atoms with van der Waals surface area (Å²) in [5.74, 6) is -1.34. The minimum Gasteiger partial charge on any atom is -0.504 e. The molecule has 0 saturated carbocycles. The van der Waals surface area contributed by atoms with Crippen LogP contribution in [0.4, 0.5) is 5.69 Å². The molecular weight excluding hydrogens is 232 g/mol. The number of phenolic OH excluding ortho intramolecular Hbond substituents is 3. The number of phenols is 3. The van der Waals surface area contributed by atoms with Crippen LogP contribution in [0.1, 0.15) is 5.56 Å². The molecule has 0 radical (unpaired) electrons. The second-order valence-corrected chi connectivity index (χ2v) is 3.61. The third-order valence-corrected chi connectivity index (χ3v) is 2.33. The summed E-state index contributed by atoms with van der Waals surface area (Å²) in [6.07, 6.45) is 1.35. The zero-order chi connectivity index (χ0) is 13.0. The van der Waals surface area contributed by atoms with E-state index >= 15 is 0 Å². The minimum atomic E-state index is -0.557. The molecule has 2 aromatic rings. The molecule has 0 unspecified atom stereocenters. The largest absolute Gasteiger partial charge is 0.504 e. The summed E-state index contributed by atoms with van der Waals surface area (Å²) in [5, 5.41) is 31.9. The van der Waals surface area contributed by atoms with Gasteiger partial charge >= 0.3 is 0 Å². The number of aromatic hydroxyl groups is 3. The molecule has 5 heteroatoms. The maximum absolute atomic E-state index is 9.55. The Morgan fingerprint density at radius 3 is 2.33 bits per heavy atom. The molecule has 0 spiro atoms. The van der Waals surface area contributed by atoms with E-state index in [1.165, 1.54) is 18.3 Å². The van der Waals surface area contributed by atoms with Crippen LogP contribution in [-0.2, 0) is 0 Å². The third-order valence-electron chi connectivity index (χ3n) is 2.33. The number of para-hydroxylation sites is 1. The van der Waals surface area contributed by atoms with Crippen molar-refractivity contribution >= 4 is 11.9 Å². The van der Waals surface area contributed by atoms with Crippen molar-refractivity contribution in [1.29, 1.82) is 0 Å². The van der Waals surface area contributed by atoms with Crippen molar-refractivity contribution in [2.45, 2.75) is 0 Å². The Morgan fingerprint density at radius 1 is 0.889 bits per heavy atom. The van der Waals surface area contributed by atoms with E-state index in [2.05, 4.69) is 10.5 Å². The molecule has 2 aromatic carbocycles. The fourth-order valence-electron chi connectivity index (χ4n) is 1.38. The number of rotatable bonds is 3. The topological polar surface area (TPSA) is 85.1 Å². The molecule has 0 fully saturated rings. The Kier molecular flexibility index (Phi) is 3.33. The van der Waals surface area contributed by atoms with Crippen molar-refractivity contribution < 1.29 is 15.3 Å². The predicted octanol–water partition coefficient (Wildman–Crippen LogP) is 2.25. The van der Waals surface area contributed by atoms with Gasteiger partial charge in [-0.1, -0.05) is 18.2 Å². The highest BCUT2D eigenvalue weighted by atomic mass is 16.3. The summed E-state index contributed by atoms with van der Waals surface area (Å²) >= 11 is 0. The van der Waals surface area contributed by atoms with Crippen molar-refractivity contribution in [3.8, 4) is 17.2 Å². The standard InChI is InChI=1S/C13H12N2O3/c16-11-7-6-9(12(17)13(11)18)8-14-15-10-4-2-1-3-5-10/h1-8,15-18H/b14-8+. The first kappa shape index (κ1) is 11.8. The van der Waals surface area contributed by atoms with Gasteiger partial charge in [0.25, 0.3) is 0 Å². The van der Waals surface area contributed by atoms with Crippen LogP contribution in [0.3, 0.4) is 0 Å². The van der Waals surface area contributed by atoms with Gasteiger partial charge in [-0.25, -0.2) is 0 Å². The molecule has 0 aliphatic carbocycles. The van der Waals surface area contributed by atoms with Gasteiger partial charge in [-0.15, -0.1) is 0 Å². The summed E-state index contributed by atoms with van der Waals surface area (Å²) in [6, 6.07) is 12.0. The minimum absolute atomic E-state index is 0.300. The number of nitrogens with zero attached hydrogens (tertiary/aromatic N) is 1. The molecule has 2 rings (SSSR count). The van der Waals surface area contributed by atoms with Crippen LogP contribution in [0, 0.1) is 0 Å². The third kappa shape index (κ3) is 2.52. The van der Waals surface area contributed by atoms with E-state index in [1.807, 2.05) is 30.3 Å².